The Balaban J connectivity index is 1.98. The number of benzene rings is 3. The van der Waals surface area contributed by atoms with E-state index >= 15 is 0 Å². The molecule has 0 amide bonds. The third-order valence-electron chi connectivity index (χ3n) is 4.30. The number of fused-ring (bicyclic) bond motifs is 2. The van der Waals surface area contributed by atoms with Crippen molar-refractivity contribution in [3.05, 3.63) is 60.7 Å². The monoisotopic (exact) mass is 378 g/mol. The fourth-order valence-corrected chi connectivity index (χ4v) is 3.77. The molecule has 0 saturated carbocycles. The van der Waals surface area contributed by atoms with E-state index in [1.807, 2.05) is 48.5 Å². The Morgan fingerprint density at radius 2 is 1.33 bits per heavy atom. The molecular formula is C20H18N4O2S. The molecule has 27 heavy (non-hydrogen) atoms. The zero-order chi connectivity index (χ0) is 19.2. The van der Waals surface area contributed by atoms with E-state index < -0.39 is 10.0 Å². The third-order valence-corrected chi connectivity index (χ3v) is 4.91. The van der Waals surface area contributed by atoms with Gasteiger partial charge in [-0.25, -0.2) is 13.4 Å². The van der Waals surface area contributed by atoms with Crippen LogP contribution in [0.3, 0.4) is 0 Å². The van der Waals surface area contributed by atoms with E-state index in [-0.39, 0.29) is 0 Å². The van der Waals surface area contributed by atoms with Gasteiger partial charge in [0.1, 0.15) is 0 Å². The van der Waals surface area contributed by atoms with E-state index in [1.165, 1.54) is 0 Å². The lowest BCUT2D eigenvalue weighted by atomic mass is 9.95. The second-order valence-electron chi connectivity index (χ2n) is 6.49. The van der Waals surface area contributed by atoms with Crippen LogP contribution in [0.4, 0.5) is 17.1 Å². The summed E-state index contributed by atoms with van der Waals surface area (Å²) >= 11 is 0. The number of anilines is 3. The molecule has 0 aliphatic carbocycles. The van der Waals surface area contributed by atoms with E-state index in [9.17, 15) is 8.42 Å². The maximum absolute atomic E-state index is 11.4. The Hall–Kier alpha value is -3.32. The van der Waals surface area contributed by atoms with Gasteiger partial charge in [-0.3, -0.25) is 4.72 Å². The summed E-state index contributed by atoms with van der Waals surface area (Å²) in [6, 6.07) is 18.5. The van der Waals surface area contributed by atoms with Gasteiger partial charge in [-0.2, -0.15) is 0 Å². The van der Waals surface area contributed by atoms with Crippen molar-refractivity contribution in [2.75, 3.05) is 22.4 Å². The van der Waals surface area contributed by atoms with E-state index in [0.717, 1.165) is 39.2 Å². The number of aromatic nitrogens is 1. The van der Waals surface area contributed by atoms with Crippen molar-refractivity contribution in [1.29, 1.82) is 0 Å². The van der Waals surface area contributed by atoms with Crippen molar-refractivity contribution in [1.82, 2.24) is 4.98 Å². The first-order chi connectivity index (χ1) is 12.8. The molecule has 4 rings (SSSR count). The molecule has 0 atom stereocenters. The van der Waals surface area contributed by atoms with Crippen LogP contribution in [0.5, 0.6) is 0 Å². The van der Waals surface area contributed by atoms with Gasteiger partial charge in [0.2, 0.25) is 10.0 Å². The van der Waals surface area contributed by atoms with Gasteiger partial charge >= 0.3 is 0 Å². The molecule has 3 aromatic carbocycles. The van der Waals surface area contributed by atoms with Crippen molar-refractivity contribution in [3.63, 3.8) is 0 Å². The van der Waals surface area contributed by atoms with Gasteiger partial charge in [0.05, 0.1) is 17.3 Å². The number of nitrogens with zero attached hydrogens (tertiary/aromatic N) is 1. The molecule has 7 heteroatoms. The van der Waals surface area contributed by atoms with Gasteiger partial charge in [0, 0.05) is 33.4 Å². The molecule has 0 fully saturated rings. The zero-order valence-corrected chi connectivity index (χ0v) is 15.4. The standard InChI is InChI=1S/C20H18N4O2S/c1-27(25,26)24-15-6-2-12(3-7-15)20-16-8-4-13(21)10-18(16)23-19-11-14(22)5-9-17(19)20/h2-11,24H,21-22H2,1H3. The molecule has 0 bridgehead atoms. The SMILES string of the molecule is CS(=O)(=O)Nc1ccc(-c2c3ccc(N)cc3nc3cc(N)ccc23)cc1. The summed E-state index contributed by atoms with van der Waals surface area (Å²) in [6.45, 7) is 0. The quantitative estimate of drug-likeness (QED) is 0.373. The number of rotatable bonds is 3. The van der Waals surface area contributed by atoms with Crippen molar-refractivity contribution >= 4 is 48.9 Å². The Morgan fingerprint density at radius 1 is 0.815 bits per heavy atom. The Kier molecular flexibility index (Phi) is 3.89. The molecule has 0 spiro atoms. The highest BCUT2D eigenvalue weighted by molar-refractivity contribution is 7.92. The smallest absolute Gasteiger partial charge is 0.229 e. The van der Waals surface area contributed by atoms with Crippen LogP contribution >= 0.6 is 0 Å². The number of sulfonamides is 1. The highest BCUT2D eigenvalue weighted by atomic mass is 32.2. The first-order valence-electron chi connectivity index (χ1n) is 8.27. The van der Waals surface area contributed by atoms with Gasteiger partial charge in [-0.1, -0.05) is 24.3 Å². The summed E-state index contributed by atoms with van der Waals surface area (Å²) in [4.78, 5) is 4.70. The fourth-order valence-electron chi connectivity index (χ4n) is 3.21. The van der Waals surface area contributed by atoms with E-state index in [1.54, 1.807) is 12.1 Å². The van der Waals surface area contributed by atoms with Gasteiger partial charge in [0.15, 0.2) is 0 Å². The van der Waals surface area contributed by atoms with Crippen LogP contribution in [-0.4, -0.2) is 19.7 Å². The summed E-state index contributed by atoms with van der Waals surface area (Å²) in [6.07, 6.45) is 1.12. The van der Waals surface area contributed by atoms with E-state index in [0.29, 0.717) is 17.1 Å². The lowest BCUT2D eigenvalue weighted by Gasteiger charge is -2.13. The number of nitrogens with two attached hydrogens (primary N) is 2. The molecule has 0 radical (unpaired) electrons. The Bertz CT molecular complexity index is 1220. The highest BCUT2D eigenvalue weighted by Crippen LogP contribution is 2.36. The van der Waals surface area contributed by atoms with Gasteiger partial charge in [-0.05, 0) is 42.0 Å². The summed E-state index contributed by atoms with van der Waals surface area (Å²) in [5, 5.41) is 1.93. The molecular weight excluding hydrogens is 360 g/mol. The van der Waals surface area contributed by atoms with Gasteiger partial charge < -0.3 is 11.5 Å². The van der Waals surface area contributed by atoms with E-state index in [2.05, 4.69) is 4.72 Å². The van der Waals surface area contributed by atoms with Crippen LogP contribution in [0, 0.1) is 0 Å². The molecule has 1 aromatic heterocycles. The molecule has 4 aromatic rings. The van der Waals surface area contributed by atoms with Crippen LogP contribution < -0.4 is 16.2 Å². The van der Waals surface area contributed by atoms with Crippen LogP contribution in [0.1, 0.15) is 0 Å². The van der Waals surface area contributed by atoms with Gasteiger partial charge in [-0.15, -0.1) is 0 Å². The van der Waals surface area contributed by atoms with Gasteiger partial charge in [0.25, 0.3) is 0 Å². The lowest BCUT2D eigenvalue weighted by molar-refractivity contribution is 0.607. The fraction of sp³-hybridized carbons (Fsp3) is 0.0500. The van der Waals surface area contributed by atoms with Crippen LogP contribution in [-0.2, 0) is 10.0 Å². The minimum atomic E-state index is -3.32. The molecule has 6 nitrogen and oxygen atoms in total. The van der Waals surface area contributed by atoms with E-state index in [4.69, 9.17) is 16.5 Å². The summed E-state index contributed by atoms with van der Waals surface area (Å²) in [5.74, 6) is 0. The highest BCUT2D eigenvalue weighted by Gasteiger charge is 2.12. The average molecular weight is 378 g/mol. The van der Waals surface area contributed by atoms with Crippen LogP contribution in [0.25, 0.3) is 32.9 Å². The van der Waals surface area contributed by atoms with Crippen LogP contribution in [0.15, 0.2) is 60.7 Å². The van der Waals surface area contributed by atoms with Crippen molar-refractivity contribution in [2.45, 2.75) is 0 Å². The summed E-state index contributed by atoms with van der Waals surface area (Å²) < 4.78 is 25.3. The molecule has 0 aliphatic heterocycles. The predicted octanol–water partition coefficient (Wildman–Crippen LogP) is 3.59. The Labute approximate surface area is 156 Å². The van der Waals surface area contributed by atoms with Crippen molar-refractivity contribution in [3.8, 4) is 11.1 Å². The second-order valence-corrected chi connectivity index (χ2v) is 8.24. The molecule has 136 valence electrons. The second kappa shape index (κ2) is 6.14. The first-order valence-corrected chi connectivity index (χ1v) is 10.2. The molecule has 0 saturated heterocycles. The zero-order valence-electron chi connectivity index (χ0n) is 14.6. The first kappa shape index (κ1) is 17.1. The number of nitrogen functional groups attached to an aromatic ring is 2. The summed E-state index contributed by atoms with van der Waals surface area (Å²) in [5.41, 5.74) is 17.2. The predicted molar refractivity (Wildman–Crippen MR) is 112 cm³/mol. The largest absolute Gasteiger partial charge is 0.399 e. The van der Waals surface area contributed by atoms with Crippen molar-refractivity contribution < 1.29 is 8.42 Å². The molecule has 1 heterocycles. The Morgan fingerprint density at radius 3 is 1.81 bits per heavy atom. The number of hydrogen-bond donors (Lipinski definition) is 3. The normalized spacial score (nSPS) is 11.7. The molecule has 5 N–H and O–H groups in total. The number of nitrogens with one attached hydrogen (secondary N) is 1. The minimum absolute atomic E-state index is 0.511. The number of hydrogen-bond acceptors (Lipinski definition) is 5. The number of pyridine rings is 1. The molecule has 0 unspecified atom stereocenters. The average Bonchev–Trinajstić information content (AvgIpc) is 2.59. The summed E-state index contributed by atoms with van der Waals surface area (Å²) in [7, 11) is -3.32. The minimum Gasteiger partial charge on any atom is -0.399 e. The lowest BCUT2D eigenvalue weighted by Crippen LogP contribution is -2.09. The maximum atomic E-state index is 11.4. The van der Waals surface area contributed by atoms with Crippen LogP contribution in [0.2, 0.25) is 0 Å². The molecule has 0 aliphatic rings. The topological polar surface area (TPSA) is 111 Å². The van der Waals surface area contributed by atoms with Crippen molar-refractivity contribution in [2.24, 2.45) is 0 Å². The third kappa shape index (κ3) is 3.37. The maximum Gasteiger partial charge on any atom is 0.229 e.